The van der Waals surface area contributed by atoms with Crippen molar-refractivity contribution >= 4 is 23.4 Å². The number of fused-ring (bicyclic) bond motifs is 2. The van der Waals surface area contributed by atoms with Gasteiger partial charge in [0.05, 0.1) is 56.3 Å². The number of allylic oxidation sites excluding steroid dienone is 1. The molecular weight excluding hydrogens is 847 g/mol. The van der Waals surface area contributed by atoms with Crippen LogP contribution in [0.15, 0.2) is 101 Å². The van der Waals surface area contributed by atoms with Crippen molar-refractivity contribution in [2.75, 3.05) is 59.0 Å². The fourth-order valence-electron chi connectivity index (χ4n) is 9.99. The molecule has 7 rings (SSSR count). The summed E-state index contributed by atoms with van der Waals surface area (Å²) in [7, 11) is 0. The molecule has 3 N–H and O–H groups in total. The maximum Gasteiger partial charge on any atom is 0.254 e. The number of nitrogens with zero attached hydrogens (tertiary/aromatic N) is 3. The molecule has 348 valence electrons. The Balaban J connectivity index is 1.44. The molecule has 13 nitrogen and oxygen atoms in total. The number of ether oxygens (including phenoxy) is 5. The van der Waals surface area contributed by atoms with E-state index in [1.807, 2.05) is 42.7 Å². The summed E-state index contributed by atoms with van der Waals surface area (Å²) in [5.41, 5.74) is 3.29. The summed E-state index contributed by atoms with van der Waals surface area (Å²) in [5, 5.41) is 44.2. The van der Waals surface area contributed by atoms with Gasteiger partial charge in [0.25, 0.3) is 5.91 Å². The van der Waals surface area contributed by atoms with Crippen molar-refractivity contribution in [2.24, 2.45) is 22.9 Å². The van der Waals surface area contributed by atoms with Crippen molar-refractivity contribution in [3.8, 4) is 23.3 Å². The SMILES string of the molecule is C=CCO[C@@]12Oc3ccc(Oc4ccc(SC)cc4)cc3[C@H]3[C@H](CCCCO)[C@@H](CCCCO)C=C(C(=NOC4CCCCO4)C[C@@H]1N(CCOCCO)C(=O)c1ccc(C#N)cc1)[C@H]32. The molecule has 1 saturated heterocycles. The Kier molecular flexibility index (Phi) is 17.5. The van der Waals surface area contributed by atoms with Crippen molar-refractivity contribution in [3.63, 3.8) is 0 Å². The van der Waals surface area contributed by atoms with E-state index in [1.54, 1.807) is 47.0 Å². The number of thioether (sulfide) groups is 1. The summed E-state index contributed by atoms with van der Waals surface area (Å²) in [6.45, 7) is 5.01. The van der Waals surface area contributed by atoms with Crippen LogP contribution in [0.5, 0.6) is 17.2 Å². The van der Waals surface area contributed by atoms with Crippen LogP contribution in [0.3, 0.4) is 0 Å². The van der Waals surface area contributed by atoms with Gasteiger partial charge < -0.3 is 48.7 Å². The molecule has 0 bridgehead atoms. The quantitative estimate of drug-likeness (QED) is 0.0360. The summed E-state index contributed by atoms with van der Waals surface area (Å²) >= 11 is 1.66. The average molecular weight is 910 g/mol. The minimum absolute atomic E-state index is 0.0117. The van der Waals surface area contributed by atoms with Gasteiger partial charge in [-0.15, -0.1) is 18.3 Å². The standard InChI is InChI=1S/C51H63N3O10S/c1-3-27-61-51-46(54(23-29-59-30-26-57)50(58)36-15-13-35(34-52)14-16-36)33-44(53-64-47-12-6-9-28-60-47)42-31-37(10-4-7-24-55)41(11-5-8-25-56)48(49(42)51)43-32-39(19-22-45(43)63-51)62-38-17-20-40(65-2)21-18-38/h3,13-22,31-32,37,41,46-49,55-57H,1,4-12,23-30,33H2,2H3/t37-,41+,46-,47?,48+,49+,51+/m0/s1. The van der Waals surface area contributed by atoms with Crippen LogP contribution in [-0.2, 0) is 19.0 Å². The fourth-order valence-corrected chi connectivity index (χ4v) is 10.4. The lowest BCUT2D eigenvalue weighted by Gasteiger charge is -2.60. The Morgan fingerprint density at radius 3 is 2.45 bits per heavy atom. The number of amides is 1. The number of carbonyl (C=O) groups is 1. The van der Waals surface area contributed by atoms with Crippen molar-refractivity contribution in [2.45, 2.75) is 93.1 Å². The first-order chi connectivity index (χ1) is 31.9. The highest BCUT2D eigenvalue weighted by Gasteiger charge is 2.65. The Labute approximate surface area is 387 Å². The van der Waals surface area contributed by atoms with Crippen LogP contribution < -0.4 is 9.47 Å². The van der Waals surface area contributed by atoms with E-state index in [0.29, 0.717) is 60.0 Å². The summed E-state index contributed by atoms with van der Waals surface area (Å²) < 4.78 is 32.9. The third kappa shape index (κ3) is 11.3. The number of benzene rings is 3. The van der Waals surface area contributed by atoms with Crippen LogP contribution in [0, 0.1) is 29.1 Å². The predicted octanol–water partition coefficient (Wildman–Crippen LogP) is 8.38. The van der Waals surface area contributed by atoms with Crippen LogP contribution in [0.1, 0.15) is 91.6 Å². The molecule has 3 aromatic rings. The number of oxime groups is 1. The highest BCUT2D eigenvalue weighted by atomic mass is 32.2. The van der Waals surface area contributed by atoms with Crippen molar-refractivity contribution in [1.29, 1.82) is 5.26 Å². The third-order valence-electron chi connectivity index (χ3n) is 13.0. The predicted molar refractivity (Wildman–Crippen MR) is 248 cm³/mol. The lowest BCUT2D eigenvalue weighted by molar-refractivity contribution is -0.255. The van der Waals surface area contributed by atoms with Gasteiger partial charge in [0.1, 0.15) is 23.3 Å². The van der Waals surface area contributed by atoms with Crippen LogP contribution in [-0.4, -0.2) is 109 Å². The van der Waals surface area contributed by atoms with Crippen molar-refractivity contribution < 1.29 is 48.6 Å². The number of aliphatic hydroxyl groups excluding tert-OH is 3. The van der Waals surface area contributed by atoms with Crippen LogP contribution >= 0.6 is 11.8 Å². The van der Waals surface area contributed by atoms with E-state index in [1.165, 1.54) is 0 Å². The molecule has 2 aliphatic carbocycles. The molecule has 0 radical (unpaired) electrons. The monoisotopic (exact) mass is 909 g/mol. The van der Waals surface area contributed by atoms with Gasteiger partial charge in [0.15, 0.2) is 0 Å². The normalized spacial score (nSPS) is 25.0. The van der Waals surface area contributed by atoms with Gasteiger partial charge in [0, 0.05) is 54.5 Å². The Hall–Kier alpha value is -4.72. The van der Waals surface area contributed by atoms with Crippen LogP contribution in [0.25, 0.3) is 0 Å². The molecule has 1 saturated carbocycles. The van der Waals surface area contributed by atoms with Gasteiger partial charge in [-0.2, -0.15) is 5.26 Å². The number of unbranched alkanes of at least 4 members (excludes halogenated alkanes) is 2. The highest BCUT2D eigenvalue weighted by molar-refractivity contribution is 7.98. The number of hydrogen-bond donors (Lipinski definition) is 3. The number of nitriles is 1. The summed E-state index contributed by atoms with van der Waals surface area (Å²) in [6, 6.07) is 21.8. The first-order valence-corrected chi connectivity index (χ1v) is 24.3. The lowest BCUT2D eigenvalue weighted by Crippen LogP contribution is -2.70. The molecule has 2 heterocycles. The van der Waals surface area contributed by atoms with E-state index >= 15 is 4.79 Å². The first kappa shape index (κ1) is 48.2. The second-order valence-corrected chi connectivity index (χ2v) is 17.9. The number of hydrogen-bond acceptors (Lipinski definition) is 13. The van der Waals surface area contributed by atoms with Gasteiger partial charge in [-0.05, 0) is 129 Å². The molecule has 7 atom stereocenters. The number of aliphatic hydroxyl groups is 3. The maximum absolute atomic E-state index is 15.1. The van der Waals surface area contributed by atoms with Gasteiger partial charge in [0.2, 0.25) is 12.1 Å². The molecule has 4 aliphatic rings. The topological polar surface area (TPSA) is 173 Å². The summed E-state index contributed by atoms with van der Waals surface area (Å²) in [6.07, 6.45) is 12.7. The van der Waals surface area contributed by atoms with Crippen molar-refractivity contribution in [1.82, 2.24) is 4.90 Å². The van der Waals surface area contributed by atoms with E-state index in [4.69, 9.17) is 33.7 Å². The van der Waals surface area contributed by atoms with E-state index < -0.39 is 24.0 Å². The fraction of sp³-hybridized carbons (Fsp3) is 0.510. The minimum Gasteiger partial charge on any atom is -0.459 e. The average Bonchev–Trinajstić information content (AvgIpc) is 3.34. The van der Waals surface area contributed by atoms with E-state index in [9.17, 15) is 20.6 Å². The van der Waals surface area contributed by atoms with Gasteiger partial charge in [-0.1, -0.05) is 30.1 Å². The zero-order valence-corrected chi connectivity index (χ0v) is 38.2. The molecule has 1 unspecified atom stereocenters. The summed E-state index contributed by atoms with van der Waals surface area (Å²) in [4.78, 5) is 24.3. The molecule has 2 fully saturated rings. The molecule has 14 heteroatoms. The Bertz CT molecular complexity index is 2140. The molecule has 1 amide bonds. The zero-order chi connectivity index (χ0) is 45.6. The summed E-state index contributed by atoms with van der Waals surface area (Å²) in [5.74, 6) is -0.636. The lowest BCUT2D eigenvalue weighted by atomic mass is 9.55. The maximum atomic E-state index is 15.1. The van der Waals surface area contributed by atoms with E-state index in [2.05, 4.69) is 24.8 Å². The van der Waals surface area contributed by atoms with Crippen LogP contribution in [0.4, 0.5) is 0 Å². The van der Waals surface area contributed by atoms with Gasteiger partial charge >= 0.3 is 0 Å². The molecule has 0 aromatic heterocycles. The van der Waals surface area contributed by atoms with E-state index in [-0.39, 0.29) is 76.3 Å². The number of rotatable bonds is 23. The number of carbonyl (C=O) groups excluding carboxylic acids is 1. The van der Waals surface area contributed by atoms with Crippen LogP contribution in [0.2, 0.25) is 0 Å². The van der Waals surface area contributed by atoms with Crippen molar-refractivity contribution in [3.05, 3.63) is 108 Å². The molecule has 0 spiro atoms. The second kappa shape index (κ2) is 23.6. The Morgan fingerprint density at radius 2 is 1.75 bits per heavy atom. The Morgan fingerprint density at radius 1 is 0.985 bits per heavy atom. The largest absolute Gasteiger partial charge is 0.459 e. The highest BCUT2D eigenvalue weighted by Crippen LogP contribution is 2.62. The van der Waals surface area contributed by atoms with Gasteiger partial charge in [-0.3, -0.25) is 4.79 Å². The van der Waals surface area contributed by atoms with E-state index in [0.717, 1.165) is 54.6 Å². The minimum atomic E-state index is -1.50. The molecule has 2 aliphatic heterocycles. The molecule has 65 heavy (non-hydrogen) atoms. The molecular formula is C51H63N3O10S. The molecule has 3 aromatic carbocycles. The van der Waals surface area contributed by atoms with Gasteiger partial charge in [-0.25, -0.2) is 0 Å². The smallest absolute Gasteiger partial charge is 0.254 e. The third-order valence-corrected chi connectivity index (χ3v) is 13.7. The first-order valence-electron chi connectivity index (χ1n) is 23.1. The zero-order valence-electron chi connectivity index (χ0n) is 37.4. The second-order valence-electron chi connectivity index (χ2n) is 17.0.